The van der Waals surface area contributed by atoms with Crippen molar-refractivity contribution in [2.75, 3.05) is 6.54 Å². The molecule has 1 aromatic rings. The molecule has 16 heavy (non-hydrogen) atoms. The summed E-state index contributed by atoms with van der Waals surface area (Å²) in [5.74, 6) is 0. The molecule has 1 aromatic heterocycles. The Morgan fingerprint density at radius 1 is 1.31 bits per heavy atom. The quantitative estimate of drug-likeness (QED) is 0.832. The average molecular weight is 221 g/mol. The van der Waals surface area contributed by atoms with Gasteiger partial charge in [-0.2, -0.15) is 5.10 Å². The van der Waals surface area contributed by atoms with E-state index in [2.05, 4.69) is 35.9 Å². The zero-order chi connectivity index (χ0) is 11.5. The van der Waals surface area contributed by atoms with Crippen molar-refractivity contribution in [3.63, 3.8) is 0 Å². The minimum Gasteiger partial charge on any atom is -0.310 e. The van der Waals surface area contributed by atoms with Crippen LogP contribution in [0, 0.1) is 13.8 Å². The molecule has 0 bridgehead atoms. The molecule has 0 aliphatic carbocycles. The molecule has 1 N–H and O–H groups in total. The first-order chi connectivity index (χ1) is 7.74. The molecule has 0 amide bonds. The van der Waals surface area contributed by atoms with E-state index in [4.69, 9.17) is 0 Å². The van der Waals surface area contributed by atoms with Gasteiger partial charge in [0.25, 0.3) is 0 Å². The van der Waals surface area contributed by atoms with Crippen LogP contribution < -0.4 is 5.32 Å². The lowest BCUT2D eigenvalue weighted by molar-refractivity contribution is 0.528. The number of rotatable bonds is 2. The molecule has 1 aliphatic rings. The molecule has 2 rings (SSSR count). The Kier molecular flexibility index (Phi) is 3.64. The van der Waals surface area contributed by atoms with Crippen LogP contribution >= 0.6 is 0 Å². The van der Waals surface area contributed by atoms with Crippen molar-refractivity contribution in [3.8, 4) is 0 Å². The number of hydrogen-bond donors (Lipinski definition) is 1. The normalized spacial score (nSPS) is 22.1. The number of hydrogen-bond acceptors (Lipinski definition) is 2. The number of aryl methyl sites for hydroxylation is 2. The minimum absolute atomic E-state index is 0.530. The maximum absolute atomic E-state index is 4.61. The lowest BCUT2D eigenvalue weighted by Crippen LogP contribution is -2.21. The van der Waals surface area contributed by atoms with E-state index in [0.29, 0.717) is 6.04 Å². The van der Waals surface area contributed by atoms with E-state index in [9.17, 15) is 0 Å². The SMILES string of the molecule is CCn1nc(C)c([C@@H]2CCCCCN2)c1C. The monoisotopic (exact) mass is 221 g/mol. The molecule has 0 aromatic carbocycles. The van der Waals surface area contributed by atoms with E-state index in [1.807, 2.05) is 0 Å². The molecule has 1 saturated heterocycles. The average Bonchev–Trinajstić information content (AvgIpc) is 2.49. The molecule has 1 aliphatic heterocycles. The molecular formula is C13H23N3. The summed E-state index contributed by atoms with van der Waals surface area (Å²) in [6.07, 6.45) is 5.28. The third-order valence-corrected chi connectivity index (χ3v) is 3.65. The zero-order valence-corrected chi connectivity index (χ0v) is 10.7. The van der Waals surface area contributed by atoms with Gasteiger partial charge in [-0.05, 0) is 40.2 Å². The minimum atomic E-state index is 0.530. The highest BCUT2D eigenvalue weighted by molar-refractivity contribution is 5.28. The summed E-state index contributed by atoms with van der Waals surface area (Å²) in [4.78, 5) is 0. The second kappa shape index (κ2) is 5.00. The molecule has 3 nitrogen and oxygen atoms in total. The van der Waals surface area contributed by atoms with E-state index < -0.39 is 0 Å². The van der Waals surface area contributed by atoms with Crippen molar-refractivity contribution in [3.05, 3.63) is 17.0 Å². The van der Waals surface area contributed by atoms with Gasteiger partial charge in [-0.1, -0.05) is 12.8 Å². The molecule has 90 valence electrons. The maximum Gasteiger partial charge on any atom is 0.0644 e. The fourth-order valence-corrected chi connectivity index (χ4v) is 2.80. The first-order valence-electron chi connectivity index (χ1n) is 6.51. The third-order valence-electron chi connectivity index (χ3n) is 3.65. The Bertz CT molecular complexity index is 346. The Balaban J connectivity index is 2.27. The first-order valence-corrected chi connectivity index (χ1v) is 6.51. The number of nitrogens with zero attached hydrogens (tertiary/aromatic N) is 2. The lowest BCUT2D eigenvalue weighted by atomic mass is 10.0. The summed E-state index contributed by atoms with van der Waals surface area (Å²) in [6.45, 7) is 8.62. The van der Waals surface area contributed by atoms with Crippen molar-refractivity contribution < 1.29 is 0 Å². The molecule has 0 radical (unpaired) electrons. The van der Waals surface area contributed by atoms with Gasteiger partial charge in [-0.25, -0.2) is 0 Å². The van der Waals surface area contributed by atoms with Gasteiger partial charge in [0.05, 0.1) is 5.69 Å². The van der Waals surface area contributed by atoms with Gasteiger partial charge < -0.3 is 5.32 Å². The summed E-state index contributed by atoms with van der Waals surface area (Å²) in [5.41, 5.74) is 4.00. The first kappa shape index (κ1) is 11.6. The van der Waals surface area contributed by atoms with E-state index in [-0.39, 0.29) is 0 Å². The molecule has 2 heterocycles. The molecule has 0 unspecified atom stereocenters. The van der Waals surface area contributed by atoms with E-state index in [0.717, 1.165) is 13.1 Å². The van der Waals surface area contributed by atoms with Crippen LogP contribution in [0.3, 0.4) is 0 Å². The Morgan fingerprint density at radius 2 is 2.12 bits per heavy atom. The van der Waals surface area contributed by atoms with E-state index >= 15 is 0 Å². The predicted molar refractivity (Wildman–Crippen MR) is 66.6 cm³/mol. The van der Waals surface area contributed by atoms with E-state index in [1.54, 1.807) is 0 Å². The molecule has 0 saturated carbocycles. The van der Waals surface area contributed by atoms with Gasteiger partial charge in [0.2, 0.25) is 0 Å². The van der Waals surface area contributed by atoms with Crippen LogP contribution in [0.4, 0.5) is 0 Å². The maximum atomic E-state index is 4.61. The standard InChI is InChI=1S/C13H23N3/c1-4-16-11(3)13(10(2)15-16)12-8-6-5-7-9-14-12/h12,14H,4-9H2,1-3H3/t12-/m0/s1. The Morgan fingerprint density at radius 3 is 2.81 bits per heavy atom. The second-order valence-electron chi connectivity index (χ2n) is 4.76. The van der Waals surface area contributed by atoms with Gasteiger partial charge in [0.15, 0.2) is 0 Å². The summed E-state index contributed by atoms with van der Waals surface area (Å²) in [5, 5.41) is 8.27. The third kappa shape index (κ3) is 2.14. The van der Waals surface area contributed by atoms with Crippen LogP contribution in [0.25, 0.3) is 0 Å². The lowest BCUT2D eigenvalue weighted by Gasteiger charge is -2.16. The van der Waals surface area contributed by atoms with Gasteiger partial charge in [-0.15, -0.1) is 0 Å². The summed E-state index contributed by atoms with van der Waals surface area (Å²) in [7, 11) is 0. The van der Waals surface area contributed by atoms with Crippen LogP contribution in [-0.2, 0) is 6.54 Å². The topological polar surface area (TPSA) is 29.9 Å². The smallest absolute Gasteiger partial charge is 0.0644 e. The van der Waals surface area contributed by atoms with Crippen LogP contribution in [-0.4, -0.2) is 16.3 Å². The van der Waals surface area contributed by atoms with Gasteiger partial charge >= 0.3 is 0 Å². The number of aromatic nitrogens is 2. The van der Waals surface area contributed by atoms with Crippen molar-refractivity contribution in [1.82, 2.24) is 15.1 Å². The highest BCUT2D eigenvalue weighted by Gasteiger charge is 2.21. The van der Waals surface area contributed by atoms with Crippen molar-refractivity contribution in [2.24, 2.45) is 0 Å². The summed E-state index contributed by atoms with van der Waals surface area (Å²) in [6, 6.07) is 0.530. The van der Waals surface area contributed by atoms with Crippen LogP contribution in [0.1, 0.15) is 55.6 Å². The van der Waals surface area contributed by atoms with Crippen molar-refractivity contribution in [2.45, 2.75) is 59.0 Å². The van der Waals surface area contributed by atoms with Crippen molar-refractivity contribution in [1.29, 1.82) is 0 Å². The van der Waals surface area contributed by atoms with Gasteiger partial charge in [-0.3, -0.25) is 4.68 Å². The van der Waals surface area contributed by atoms with E-state index in [1.165, 1.54) is 42.6 Å². The van der Waals surface area contributed by atoms with Crippen LogP contribution in [0.2, 0.25) is 0 Å². The predicted octanol–water partition coefficient (Wildman–Crippen LogP) is 2.72. The molecule has 1 atom stereocenters. The zero-order valence-electron chi connectivity index (χ0n) is 10.7. The highest BCUT2D eigenvalue weighted by Crippen LogP contribution is 2.27. The largest absolute Gasteiger partial charge is 0.310 e. The highest BCUT2D eigenvalue weighted by atomic mass is 15.3. The van der Waals surface area contributed by atoms with Gasteiger partial charge in [0.1, 0.15) is 0 Å². The Hall–Kier alpha value is -0.830. The molecule has 0 spiro atoms. The second-order valence-corrected chi connectivity index (χ2v) is 4.76. The summed E-state index contributed by atoms with van der Waals surface area (Å²) < 4.78 is 2.12. The van der Waals surface area contributed by atoms with Gasteiger partial charge in [0, 0.05) is 23.8 Å². The molecule has 3 heteroatoms. The fourth-order valence-electron chi connectivity index (χ4n) is 2.80. The number of nitrogens with one attached hydrogen (secondary N) is 1. The fraction of sp³-hybridized carbons (Fsp3) is 0.769. The molecule has 1 fully saturated rings. The van der Waals surface area contributed by atoms with Crippen LogP contribution in [0.15, 0.2) is 0 Å². The Labute approximate surface area is 98.2 Å². The van der Waals surface area contributed by atoms with Crippen molar-refractivity contribution >= 4 is 0 Å². The summed E-state index contributed by atoms with van der Waals surface area (Å²) >= 11 is 0. The van der Waals surface area contributed by atoms with Crippen LogP contribution in [0.5, 0.6) is 0 Å². The molecular weight excluding hydrogens is 198 g/mol.